The molecule has 0 unspecified atom stereocenters. The van der Waals surface area contributed by atoms with Gasteiger partial charge in [-0.3, -0.25) is 9.59 Å². The van der Waals surface area contributed by atoms with E-state index in [0.29, 0.717) is 0 Å². The van der Waals surface area contributed by atoms with Crippen molar-refractivity contribution in [3.05, 3.63) is 12.7 Å². The maximum absolute atomic E-state index is 10.1. The Kier molecular flexibility index (Phi) is 8.62. The van der Waals surface area contributed by atoms with Crippen LogP contribution < -0.4 is 5.32 Å². The Morgan fingerprint density at radius 3 is 1.75 bits per heavy atom. The fourth-order valence-corrected chi connectivity index (χ4v) is 0.102. The summed E-state index contributed by atoms with van der Waals surface area (Å²) in [6.07, 6.45) is 1.22. The van der Waals surface area contributed by atoms with Gasteiger partial charge in [0.15, 0.2) is 0 Å². The van der Waals surface area contributed by atoms with Gasteiger partial charge in [0.1, 0.15) is 0 Å². The van der Waals surface area contributed by atoms with Crippen LogP contribution in [0, 0.1) is 0 Å². The average Bonchev–Trinajstić information content (AvgIpc) is 2.04. The van der Waals surface area contributed by atoms with Crippen molar-refractivity contribution in [1.82, 2.24) is 10.2 Å². The van der Waals surface area contributed by atoms with Crippen molar-refractivity contribution in [2.24, 2.45) is 0 Å². The van der Waals surface area contributed by atoms with Crippen LogP contribution in [0.1, 0.15) is 6.92 Å². The molecule has 70 valence electrons. The predicted octanol–water partition coefficient (Wildman–Crippen LogP) is 0.0129. The molecule has 2 amide bonds. The van der Waals surface area contributed by atoms with Crippen molar-refractivity contribution in [3.63, 3.8) is 0 Å². The summed E-state index contributed by atoms with van der Waals surface area (Å²) in [5.41, 5.74) is 0. The van der Waals surface area contributed by atoms with Gasteiger partial charge in [0, 0.05) is 28.1 Å². The van der Waals surface area contributed by atoms with Crippen LogP contribution >= 0.6 is 0 Å². The molecule has 0 aromatic rings. The van der Waals surface area contributed by atoms with Crippen molar-refractivity contribution >= 4 is 11.8 Å². The summed E-state index contributed by atoms with van der Waals surface area (Å²) >= 11 is 0. The number of carbonyl (C=O) groups excluding carboxylic acids is 2. The molecule has 0 rings (SSSR count). The second-order valence-electron chi connectivity index (χ2n) is 2.23. The zero-order valence-corrected chi connectivity index (χ0v) is 8.05. The number of amides is 2. The van der Waals surface area contributed by atoms with Gasteiger partial charge in [-0.15, -0.1) is 0 Å². The molecule has 0 atom stereocenters. The topological polar surface area (TPSA) is 49.4 Å². The van der Waals surface area contributed by atoms with Gasteiger partial charge in [-0.05, 0) is 6.08 Å². The van der Waals surface area contributed by atoms with Crippen molar-refractivity contribution in [2.75, 3.05) is 21.1 Å². The third-order valence-corrected chi connectivity index (χ3v) is 1.06. The quantitative estimate of drug-likeness (QED) is 0.566. The summed E-state index contributed by atoms with van der Waals surface area (Å²) < 4.78 is 0. The number of hydrogen-bond donors (Lipinski definition) is 1. The first kappa shape index (κ1) is 13.3. The fraction of sp³-hybridized carbons (Fsp3) is 0.500. The maximum Gasteiger partial charge on any atom is 0.243 e. The molecule has 0 heterocycles. The molecule has 12 heavy (non-hydrogen) atoms. The zero-order chi connectivity index (χ0) is 10.1. The number of carbonyl (C=O) groups is 2. The van der Waals surface area contributed by atoms with Gasteiger partial charge >= 0.3 is 0 Å². The minimum atomic E-state index is -0.144. The van der Waals surface area contributed by atoms with E-state index in [-0.39, 0.29) is 11.8 Å². The summed E-state index contributed by atoms with van der Waals surface area (Å²) in [5, 5.41) is 2.36. The Bertz CT molecular complexity index is 164. The van der Waals surface area contributed by atoms with E-state index >= 15 is 0 Å². The smallest absolute Gasteiger partial charge is 0.243 e. The largest absolute Gasteiger partial charge is 0.356 e. The predicted molar refractivity (Wildman–Crippen MR) is 48.6 cm³/mol. The summed E-state index contributed by atoms with van der Waals surface area (Å²) in [7, 11) is 5.01. The highest BCUT2D eigenvalue weighted by Crippen LogP contribution is 1.69. The van der Waals surface area contributed by atoms with E-state index < -0.39 is 0 Å². The van der Waals surface area contributed by atoms with Crippen LogP contribution in [0.2, 0.25) is 0 Å². The van der Waals surface area contributed by atoms with Crippen LogP contribution in [0.15, 0.2) is 12.7 Å². The Morgan fingerprint density at radius 1 is 1.42 bits per heavy atom. The SMILES string of the molecule is C=CC(=O)NC.CC(=O)N(C)C. The van der Waals surface area contributed by atoms with E-state index in [1.807, 2.05) is 0 Å². The Hall–Kier alpha value is -1.32. The number of rotatable bonds is 1. The van der Waals surface area contributed by atoms with Crippen LogP contribution in [-0.4, -0.2) is 37.9 Å². The third-order valence-electron chi connectivity index (χ3n) is 1.06. The van der Waals surface area contributed by atoms with Gasteiger partial charge in [-0.2, -0.15) is 0 Å². The maximum atomic E-state index is 10.1. The van der Waals surface area contributed by atoms with Gasteiger partial charge in [0.05, 0.1) is 0 Å². The Morgan fingerprint density at radius 2 is 1.75 bits per heavy atom. The number of nitrogens with one attached hydrogen (secondary N) is 1. The molecule has 0 aliphatic heterocycles. The molecule has 0 aliphatic carbocycles. The molecule has 0 radical (unpaired) electrons. The molecule has 4 nitrogen and oxygen atoms in total. The monoisotopic (exact) mass is 172 g/mol. The van der Waals surface area contributed by atoms with Crippen LogP contribution in [0.25, 0.3) is 0 Å². The number of nitrogens with zero attached hydrogens (tertiary/aromatic N) is 1. The zero-order valence-electron chi connectivity index (χ0n) is 8.05. The van der Waals surface area contributed by atoms with Gasteiger partial charge in [-0.1, -0.05) is 6.58 Å². The minimum Gasteiger partial charge on any atom is -0.356 e. The lowest BCUT2D eigenvalue weighted by Crippen LogP contribution is -2.17. The summed E-state index contributed by atoms with van der Waals surface area (Å²) in [5.74, 6) is -0.0509. The lowest BCUT2D eigenvalue weighted by Gasteiger charge is -2.02. The lowest BCUT2D eigenvalue weighted by molar-refractivity contribution is -0.126. The second-order valence-corrected chi connectivity index (χ2v) is 2.23. The van der Waals surface area contributed by atoms with Gasteiger partial charge < -0.3 is 10.2 Å². The van der Waals surface area contributed by atoms with E-state index in [2.05, 4.69) is 11.9 Å². The fourth-order valence-electron chi connectivity index (χ4n) is 0.102. The van der Waals surface area contributed by atoms with E-state index in [1.54, 1.807) is 21.1 Å². The van der Waals surface area contributed by atoms with E-state index in [9.17, 15) is 9.59 Å². The minimum absolute atomic E-state index is 0.0926. The molecular weight excluding hydrogens is 156 g/mol. The first-order valence-corrected chi connectivity index (χ1v) is 3.47. The first-order chi connectivity index (χ1) is 5.45. The van der Waals surface area contributed by atoms with Crippen LogP contribution in [-0.2, 0) is 9.59 Å². The molecule has 0 saturated heterocycles. The van der Waals surface area contributed by atoms with Crippen molar-refractivity contribution in [2.45, 2.75) is 6.92 Å². The molecule has 4 heteroatoms. The highest BCUT2D eigenvalue weighted by molar-refractivity contribution is 5.86. The van der Waals surface area contributed by atoms with Gasteiger partial charge in [0.2, 0.25) is 11.8 Å². The summed E-state index contributed by atoms with van der Waals surface area (Å²) in [6, 6.07) is 0. The van der Waals surface area contributed by atoms with Crippen molar-refractivity contribution in [1.29, 1.82) is 0 Å². The standard InChI is InChI=1S/C4H9NO.C4H7NO/c1-4(6)5(2)3;1-3-4(6)5-2/h1-3H3;3H,1H2,2H3,(H,5,6). The summed E-state index contributed by atoms with van der Waals surface area (Å²) in [6.45, 7) is 4.75. The molecule has 0 saturated carbocycles. The number of likely N-dealkylation sites (N-methyl/N-ethyl adjacent to an activating group) is 1. The van der Waals surface area contributed by atoms with Crippen LogP contribution in [0.3, 0.4) is 0 Å². The molecule has 0 aliphatic rings. The van der Waals surface area contributed by atoms with Crippen molar-refractivity contribution < 1.29 is 9.59 Å². The van der Waals surface area contributed by atoms with Crippen LogP contribution in [0.5, 0.6) is 0 Å². The Balaban J connectivity index is 0. The highest BCUT2D eigenvalue weighted by Gasteiger charge is 1.87. The van der Waals surface area contributed by atoms with Crippen molar-refractivity contribution in [3.8, 4) is 0 Å². The number of hydrogen-bond acceptors (Lipinski definition) is 2. The third kappa shape index (κ3) is 11.5. The first-order valence-electron chi connectivity index (χ1n) is 3.47. The average molecular weight is 172 g/mol. The van der Waals surface area contributed by atoms with E-state index in [1.165, 1.54) is 17.9 Å². The molecule has 0 aromatic carbocycles. The summed E-state index contributed by atoms with van der Waals surface area (Å²) in [4.78, 5) is 21.5. The highest BCUT2D eigenvalue weighted by atomic mass is 16.2. The molecule has 0 fully saturated rings. The van der Waals surface area contributed by atoms with Gasteiger partial charge in [-0.25, -0.2) is 0 Å². The van der Waals surface area contributed by atoms with Gasteiger partial charge in [0.25, 0.3) is 0 Å². The van der Waals surface area contributed by atoms with E-state index in [0.717, 1.165) is 0 Å². The lowest BCUT2D eigenvalue weighted by atomic mass is 10.6. The second kappa shape index (κ2) is 7.78. The molecule has 0 aromatic heterocycles. The normalized spacial score (nSPS) is 7.33. The molecule has 1 N–H and O–H groups in total. The molecule has 0 spiro atoms. The van der Waals surface area contributed by atoms with Crippen LogP contribution in [0.4, 0.5) is 0 Å². The molecule has 0 bridgehead atoms. The Labute approximate surface area is 73.2 Å². The molecular formula is C8H16N2O2. The van der Waals surface area contributed by atoms with E-state index in [4.69, 9.17) is 0 Å².